The first-order valence-corrected chi connectivity index (χ1v) is 6.70. The maximum Gasteiger partial charge on any atom is 0.269 e. The van der Waals surface area contributed by atoms with Crippen LogP contribution in [0.4, 0.5) is 0 Å². The second-order valence-corrected chi connectivity index (χ2v) is 4.82. The molecule has 20 heavy (non-hydrogen) atoms. The minimum Gasteiger partial charge on any atom is -0.395 e. The Labute approximate surface area is 117 Å². The minimum atomic E-state index is -0.348. The molecule has 0 unspecified atom stereocenters. The first-order chi connectivity index (χ1) is 9.70. The van der Waals surface area contributed by atoms with E-state index in [4.69, 9.17) is 0 Å². The van der Waals surface area contributed by atoms with Crippen molar-refractivity contribution in [2.24, 2.45) is 0 Å². The van der Waals surface area contributed by atoms with Gasteiger partial charge in [-0.25, -0.2) is 0 Å². The van der Waals surface area contributed by atoms with Crippen molar-refractivity contribution in [3.8, 4) is 0 Å². The molecule has 1 aromatic rings. The number of hydrazine groups is 1. The molecule has 1 aliphatic heterocycles. The minimum absolute atomic E-state index is 0.0468. The largest absolute Gasteiger partial charge is 0.395 e. The van der Waals surface area contributed by atoms with Gasteiger partial charge in [0.15, 0.2) is 0 Å². The molecular formula is C14H19N3O3. The highest BCUT2D eigenvalue weighted by Crippen LogP contribution is 2.15. The lowest BCUT2D eigenvalue weighted by Gasteiger charge is -2.21. The highest BCUT2D eigenvalue weighted by Gasteiger charge is 2.25. The van der Waals surface area contributed by atoms with Gasteiger partial charge in [0.2, 0.25) is 0 Å². The lowest BCUT2D eigenvalue weighted by Crippen LogP contribution is -2.47. The van der Waals surface area contributed by atoms with Crippen molar-refractivity contribution in [2.45, 2.75) is 18.9 Å². The molecule has 1 fully saturated rings. The summed E-state index contributed by atoms with van der Waals surface area (Å²) in [6.07, 6.45) is 1.88. The van der Waals surface area contributed by atoms with Crippen molar-refractivity contribution >= 4 is 11.8 Å². The molecule has 1 aliphatic rings. The monoisotopic (exact) mass is 277 g/mol. The van der Waals surface area contributed by atoms with Crippen LogP contribution in [0.15, 0.2) is 30.3 Å². The molecule has 1 aromatic carbocycles. The number of carbonyl (C=O) groups excluding carboxylic acids is 2. The molecule has 0 bridgehead atoms. The second-order valence-electron chi connectivity index (χ2n) is 4.82. The quantitative estimate of drug-likeness (QED) is 0.672. The Morgan fingerprint density at radius 1 is 1.25 bits per heavy atom. The molecule has 0 radical (unpaired) electrons. The predicted octanol–water partition coefficient (Wildman–Crippen LogP) is -0.0957. The molecule has 6 heteroatoms. The molecule has 1 heterocycles. The van der Waals surface area contributed by atoms with E-state index < -0.39 is 0 Å². The molecule has 108 valence electrons. The van der Waals surface area contributed by atoms with E-state index in [1.807, 2.05) is 11.0 Å². The van der Waals surface area contributed by atoms with E-state index in [-0.39, 0.29) is 31.0 Å². The smallest absolute Gasteiger partial charge is 0.269 e. The molecule has 2 amide bonds. The topological polar surface area (TPSA) is 81.7 Å². The molecule has 2 rings (SSSR count). The van der Waals surface area contributed by atoms with E-state index in [2.05, 4.69) is 10.9 Å². The number of nitrogens with one attached hydrogen (secondary N) is 2. The third-order valence-electron chi connectivity index (χ3n) is 3.41. The van der Waals surface area contributed by atoms with Gasteiger partial charge < -0.3 is 5.11 Å². The van der Waals surface area contributed by atoms with Crippen LogP contribution in [0, 0.1) is 0 Å². The Morgan fingerprint density at radius 3 is 2.70 bits per heavy atom. The van der Waals surface area contributed by atoms with Crippen LogP contribution in [0.5, 0.6) is 0 Å². The standard InChI is InChI=1S/C14H19N3O3/c18-10-12-7-4-8-17(12)9-13(19)15-16-14(20)11-5-2-1-3-6-11/h1-3,5-6,12,18H,4,7-10H2,(H,15,19)(H,16,20)/t12-/m1/s1. The van der Waals surface area contributed by atoms with Crippen LogP contribution in [0.3, 0.4) is 0 Å². The number of aliphatic hydroxyl groups excluding tert-OH is 1. The van der Waals surface area contributed by atoms with E-state index >= 15 is 0 Å². The average molecular weight is 277 g/mol. The van der Waals surface area contributed by atoms with Crippen molar-refractivity contribution in [3.05, 3.63) is 35.9 Å². The van der Waals surface area contributed by atoms with Crippen LogP contribution in [0.2, 0.25) is 0 Å². The van der Waals surface area contributed by atoms with E-state index in [1.165, 1.54) is 0 Å². The molecule has 0 saturated carbocycles. The van der Waals surface area contributed by atoms with Gasteiger partial charge in [-0.05, 0) is 31.5 Å². The summed E-state index contributed by atoms with van der Waals surface area (Å²) in [6.45, 7) is 1.04. The Balaban J connectivity index is 1.76. The number of hydrogen-bond donors (Lipinski definition) is 3. The lowest BCUT2D eigenvalue weighted by atomic mass is 10.2. The van der Waals surface area contributed by atoms with Crippen molar-refractivity contribution < 1.29 is 14.7 Å². The van der Waals surface area contributed by atoms with Gasteiger partial charge in [0.1, 0.15) is 0 Å². The van der Waals surface area contributed by atoms with Gasteiger partial charge in [-0.3, -0.25) is 25.3 Å². The highest BCUT2D eigenvalue weighted by molar-refractivity contribution is 5.95. The highest BCUT2D eigenvalue weighted by atomic mass is 16.3. The average Bonchev–Trinajstić information content (AvgIpc) is 2.92. The van der Waals surface area contributed by atoms with Crippen molar-refractivity contribution in [3.63, 3.8) is 0 Å². The number of nitrogens with zero attached hydrogens (tertiary/aromatic N) is 1. The maximum atomic E-state index is 11.7. The Hall–Kier alpha value is -1.92. The van der Waals surface area contributed by atoms with Gasteiger partial charge in [0.25, 0.3) is 11.8 Å². The van der Waals surface area contributed by atoms with E-state index in [1.54, 1.807) is 24.3 Å². The number of amides is 2. The van der Waals surface area contributed by atoms with Crippen LogP contribution in [0.25, 0.3) is 0 Å². The van der Waals surface area contributed by atoms with Gasteiger partial charge in [-0.1, -0.05) is 18.2 Å². The molecule has 0 spiro atoms. The van der Waals surface area contributed by atoms with Crippen molar-refractivity contribution in [2.75, 3.05) is 19.7 Å². The van der Waals surface area contributed by atoms with E-state index in [0.29, 0.717) is 5.56 Å². The zero-order valence-electron chi connectivity index (χ0n) is 11.2. The fourth-order valence-electron chi connectivity index (χ4n) is 2.32. The third-order valence-corrected chi connectivity index (χ3v) is 3.41. The fourth-order valence-corrected chi connectivity index (χ4v) is 2.32. The summed E-state index contributed by atoms with van der Waals surface area (Å²) in [5.41, 5.74) is 5.26. The molecule has 3 N–H and O–H groups in total. The zero-order valence-corrected chi connectivity index (χ0v) is 11.2. The maximum absolute atomic E-state index is 11.7. The number of likely N-dealkylation sites (tertiary alicyclic amines) is 1. The van der Waals surface area contributed by atoms with Gasteiger partial charge in [-0.2, -0.15) is 0 Å². The Bertz CT molecular complexity index is 464. The first-order valence-electron chi connectivity index (χ1n) is 6.70. The zero-order chi connectivity index (χ0) is 14.4. The molecule has 1 saturated heterocycles. The summed E-state index contributed by atoms with van der Waals surface area (Å²) in [6, 6.07) is 8.72. The summed E-state index contributed by atoms with van der Waals surface area (Å²) in [4.78, 5) is 25.4. The number of carbonyl (C=O) groups is 2. The number of hydrogen-bond acceptors (Lipinski definition) is 4. The molecule has 0 aromatic heterocycles. The van der Waals surface area contributed by atoms with Gasteiger partial charge in [0.05, 0.1) is 13.2 Å². The number of benzene rings is 1. The summed E-state index contributed by atoms with van der Waals surface area (Å²) in [7, 11) is 0. The number of aliphatic hydroxyl groups is 1. The van der Waals surface area contributed by atoms with E-state index in [9.17, 15) is 14.7 Å². The predicted molar refractivity (Wildman–Crippen MR) is 73.7 cm³/mol. The third kappa shape index (κ3) is 3.79. The molecule has 0 aliphatic carbocycles. The normalized spacial score (nSPS) is 18.8. The van der Waals surface area contributed by atoms with E-state index in [0.717, 1.165) is 19.4 Å². The molecule has 1 atom stereocenters. The molecule has 6 nitrogen and oxygen atoms in total. The SMILES string of the molecule is O=C(CN1CCC[C@@H]1CO)NNC(=O)c1ccccc1. The van der Waals surface area contributed by atoms with Gasteiger partial charge in [-0.15, -0.1) is 0 Å². The van der Waals surface area contributed by atoms with Crippen molar-refractivity contribution in [1.29, 1.82) is 0 Å². The second kappa shape index (κ2) is 7.02. The summed E-state index contributed by atoms with van der Waals surface area (Å²) >= 11 is 0. The summed E-state index contributed by atoms with van der Waals surface area (Å²) < 4.78 is 0. The van der Waals surface area contributed by atoms with Crippen molar-refractivity contribution in [1.82, 2.24) is 15.8 Å². The van der Waals surface area contributed by atoms with Crippen LogP contribution >= 0.6 is 0 Å². The Kier molecular flexibility index (Phi) is 5.09. The summed E-state index contributed by atoms with van der Waals surface area (Å²) in [5.74, 6) is -0.631. The first kappa shape index (κ1) is 14.5. The molecular weight excluding hydrogens is 258 g/mol. The van der Waals surface area contributed by atoms with Gasteiger partial charge >= 0.3 is 0 Å². The fraction of sp³-hybridized carbons (Fsp3) is 0.429. The van der Waals surface area contributed by atoms with Gasteiger partial charge in [0, 0.05) is 11.6 Å². The lowest BCUT2D eigenvalue weighted by molar-refractivity contribution is -0.123. The Morgan fingerprint density at radius 2 is 2.00 bits per heavy atom. The van der Waals surface area contributed by atoms with Crippen LogP contribution in [-0.2, 0) is 4.79 Å². The summed E-state index contributed by atoms with van der Waals surface area (Å²) in [5, 5.41) is 9.17. The van der Waals surface area contributed by atoms with Crippen LogP contribution < -0.4 is 10.9 Å². The number of rotatable bonds is 4. The van der Waals surface area contributed by atoms with Crippen LogP contribution in [-0.4, -0.2) is 47.6 Å². The van der Waals surface area contributed by atoms with Crippen LogP contribution in [0.1, 0.15) is 23.2 Å².